The van der Waals surface area contributed by atoms with E-state index in [1.807, 2.05) is 0 Å². The monoisotopic (exact) mass is 253 g/mol. The molecule has 1 aromatic carbocycles. The van der Waals surface area contributed by atoms with Crippen LogP contribution in [0.2, 0.25) is 0 Å². The normalized spacial score (nSPS) is 9.72. The first kappa shape index (κ1) is 13.8. The smallest absolute Gasteiger partial charge is 0.411 e. The third-order valence-electron chi connectivity index (χ3n) is 2.27. The number of anilines is 1. The highest BCUT2D eigenvalue weighted by atomic mass is 16.5. The Bertz CT molecular complexity index is 470. The van der Waals surface area contributed by atoms with Gasteiger partial charge in [0, 0.05) is 6.07 Å². The summed E-state index contributed by atoms with van der Waals surface area (Å²) in [5.41, 5.74) is 0.662. The van der Waals surface area contributed by atoms with Gasteiger partial charge in [0.25, 0.3) is 0 Å². The van der Waals surface area contributed by atoms with E-state index in [9.17, 15) is 9.59 Å². The largest absolute Gasteiger partial charge is 0.497 e. The van der Waals surface area contributed by atoms with Crippen molar-refractivity contribution in [2.75, 3.05) is 19.0 Å². The van der Waals surface area contributed by atoms with E-state index in [1.165, 1.54) is 13.2 Å². The first-order chi connectivity index (χ1) is 8.49. The average Bonchev–Trinajstić information content (AvgIpc) is 2.27. The molecule has 0 bridgehead atoms. The van der Waals surface area contributed by atoms with Gasteiger partial charge >= 0.3 is 12.1 Å². The standard InChI is InChI=1S/C12H15NO5/c1-4-18-12(16)13-9-6-8(17-3)5-7(2)10(9)11(14)15/h5-6H,4H2,1-3H3,(H,13,16)(H,14,15). The molecule has 0 aromatic heterocycles. The van der Waals surface area contributed by atoms with E-state index in [2.05, 4.69) is 5.32 Å². The summed E-state index contributed by atoms with van der Waals surface area (Å²) < 4.78 is 9.74. The Labute approximate surface area is 105 Å². The van der Waals surface area contributed by atoms with Crippen LogP contribution in [0.15, 0.2) is 12.1 Å². The second-order valence-corrected chi connectivity index (χ2v) is 3.52. The Morgan fingerprint density at radius 1 is 1.39 bits per heavy atom. The molecule has 0 saturated carbocycles. The molecule has 18 heavy (non-hydrogen) atoms. The highest BCUT2D eigenvalue weighted by Gasteiger charge is 2.17. The summed E-state index contributed by atoms with van der Waals surface area (Å²) in [6.07, 6.45) is -0.701. The van der Waals surface area contributed by atoms with Crippen molar-refractivity contribution in [2.45, 2.75) is 13.8 Å². The summed E-state index contributed by atoms with van der Waals surface area (Å²) in [6.45, 7) is 3.49. The zero-order valence-electron chi connectivity index (χ0n) is 10.4. The number of carbonyl (C=O) groups excluding carboxylic acids is 1. The van der Waals surface area contributed by atoms with Crippen molar-refractivity contribution in [3.63, 3.8) is 0 Å². The number of methoxy groups -OCH3 is 1. The lowest BCUT2D eigenvalue weighted by molar-refractivity contribution is 0.0697. The molecule has 0 heterocycles. The van der Waals surface area contributed by atoms with Crippen LogP contribution < -0.4 is 10.1 Å². The predicted octanol–water partition coefficient (Wildman–Crippen LogP) is 2.27. The third kappa shape index (κ3) is 3.13. The predicted molar refractivity (Wildman–Crippen MR) is 65.3 cm³/mol. The first-order valence-electron chi connectivity index (χ1n) is 5.35. The number of aryl methyl sites for hydroxylation is 1. The molecule has 0 aliphatic rings. The molecule has 0 aliphatic carbocycles. The molecule has 1 rings (SSSR count). The highest BCUT2D eigenvalue weighted by molar-refractivity contribution is 6.00. The van der Waals surface area contributed by atoms with Gasteiger partial charge in [0.15, 0.2) is 0 Å². The van der Waals surface area contributed by atoms with Crippen LogP contribution in [-0.4, -0.2) is 30.9 Å². The van der Waals surface area contributed by atoms with E-state index in [0.29, 0.717) is 11.3 Å². The number of rotatable bonds is 4. The maximum atomic E-state index is 11.3. The Hall–Kier alpha value is -2.24. The molecular weight excluding hydrogens is 238 g/mol. The molecule has 0 fully saturated rings. The fourth-order valence-corrected chi connectivity index (χ4v) is 1.53. The van der Waals surface area contributed by atoms with E-state index >= 15 is 0 Å². The second kappa shape index (κ2) is 5.90. The number of ether oxygens (including phenoxy) is 2. The van der Waals surface area contributed by atoms with E-state index in [1.54, 1.807) is 19.9 Å². The minimum absolute atomic E-state index is 0.0175. The first-order valence-corrected chi connectivity index (χ1v) is 5.35. The lowest BCUT2D eigenvalue weighted by Gasteiger charge is -2.12. The molecule has 6 heteroatoms. The number of hydrogen-bond acceptors (Lipinski definition) is 4. The maximum Gasteiger partial charge on any atom is 0.411 e. The molecule has 0 saturated heterocycles. The molecule has 1 aromatic rings. The van der Waals surface area contributed by atoms with Crippen molar-refractivity contribution in [1.82, 2.24) is 0 Å². The van der Waals surface area contributed by atoms with Crippen LogP contribution >= 0.6 is 0 Å². The molecule has 0 aliphatic heterocycles. The van der Waals surface area contributed by atoms with Crippen molar-refractivity contribution in [1.29, 1.82) is 0 Å². The lowest BCUT2D eigenvalue weighted by Crippen LogP contribution is -2.16. The van der Waals surface area contributed by atoms with Crippen LogP contribution in [0.5, 0.6) is 5.75 Å². The minimum atomic E-state index is -1.12. The maximum absolute atomic E-state index is 11.3. The summed E-state index contributed by atoms with van der Waals surface area (Å²) >= 11 is 0. The van der Waals surface area contributed by atoms with Gasteiger partial charge in [-0.2, -0.15) is 0 Å². The summed E-state index contributed by atoms with van der Waals surface area (Å²) in [5.74, 6) is -0.661. The minimum Gasteiger partial charge on any atom is -0.497 e. The van der Waals surface area contributed by atoms with Crippen LogP contribution in [0.4, 0.5) is 10.5 Å². The number of amides is 1. The third-order valence-corrected chi connectivity index (χ3v) is 2.27. The molecule has 2 N–H and O–H groups in total. The fraction of sp³-hybridized carbons (Fsp3) is 0.333. The van der Waals surface area contributed by atoms with E-state index in [4.69, 9.17) is 14.6 Å². The number of hydrogen-bond donors (Lipinski definition) is 2. The van der Waals surface area contributed by atoms with Gasteiger partial charge in [0.2, 0.25) is 0 Å². The van der Waals surface area contributed by atoms with Gasteiger partial charge < -0.3 is 14.6 Å². The number of aromatic carboxylic acids is 1. The van der Waals surface area contributed by atoms with Crippen LogP contribution in [0.1, 0.15) is 22.8 Å². The molecule has 0 radical (unpaired) electrons. The van der Waals surface area contributed by atoms with Crippen molar-refractivity contribution in [3.05, 3.63) is 23.3 Å². The van der Waals surface area contributed by atoms with Crippen LogP contribution in [0.25, 0.3) is 0 Å². The van der Waals surface area contributed by atoms with Crippen molar-refractivity contribution < 1.29 is 24.2 Å². The van der Waals surface area contributed by atoms with Gasteiger partial charge in [-0.1, -0.05) is 0 Å². The highest BCUT2D eigenvalue weighted by Crippen LogP contribution is 2.26. The summed E-state index contributed by atoms with van der Waals surface area (Å²) in [5, 5.41) is 11.5. The summed E-state index contributed by atoms with van der Waals surface area (Å²) in [4.78, 5) is 22.5. The Morgan fingerprint density at radius 3 is 2.56 bits per heavy atom. The van der Waals surface area contributed by atoms with Crippen LogP contribution in [-0.2, 0) is 4.74 Å². The van der Waals surface area contributed by atoms with E-state index < -0.39 is 12.1 Å². The van der Waals surface area contributed by atoms with Crippen molar-refractivity contribution in [2.24, 2.45) is 0 Å². The molecular formula is C12H15NO5. The molecule has 0 spiro atoms. The van der Waals surface area contributed by atoms with E-state index in [-0.39, 0.29) is 17.9 Å². The van der Waals surface area contributed by atoms with Gasteiger partial charge in [-0.25, -0.2) is 9.59 Å². The molecule has 0 atom stereocenters. The topological polar surface area (TPSA) is 84.9 Å². The Balaban J connectivity index is 3.17. The zero-order valence-corrected chi connectivity index (χ0v) is 10.4. The molecule has 1 amide bonds. The molecule has 98 valence electrons. The van der Waals surface area contributed by atoms with Crippen LogP contribution in [0.3, 0.4) is 0 Å². The van der Waals surface area contributed by atoms with Gasteiger partial charge in [0.05, 0.1) is 25.0 Å². The average molecular weight is 253 g/mol. The number of carbonyl (C=O) groups is 2. The number of benzene rings is 1. The van der Waals surface area contributed by atoms with Crippen molar-refractivity contribution in [3.8, 4) is 5.75 Å². The van der Waals surface area contributed by atoms with E-state index in [0.717, 1.165) is 0 Å². The molecule has 0 unspecified atom stereocenters. The quantitative estimate of drug-likeness (QED) is 0.859. The number of nitrogens with one attached hydrogen (secondary N) is 1. The van der Waals surface area contributed by atoms with Gasteiger partial charge in [-0.15, -0.1) is 0 Å². The van der Waals surface area contributed by atoms with Crippen molar-refractivity contribution >= 4 is 17.7 Å². The Morgan fingerprint density at radius 2 is 2.06 bits per heavy atom. The van der Waals surface area contributed by atoms with Gasteiger partial charge in [-0.3, -0.25) is 5.32 Å². The Kier molecular flexibility index (Phi) is 4.53. The number of carboxylic acid groups (broad SMARTS) is 1. The van der Waals surface area contributed by atoms with Crippen LogP contribution in [0, 0.1) is 6.92 Å². The second-order valence-electron chi connectivity index (χ2n) is 3.52. The SMILES string of the molecule is CCOC(=O)Nc1cc(OC)cc(C)c1C(=O)O. The molecule has 6 nitrogen and oxygen atoms in total. The lowest BCUT2D eigenvalue weighted by atomic mass is 10.1. The van der Waals surface area contributed by atoms with Gasteiger partial charge in [-0.05, 0) is 25.5 Å². The van der Waals surface area contributed by atoms with Gasteiger partial charge in [0.1, 0.15) is 5.75 Å². The summed E-state index contributed by atoms with van der Waals surface area (Å²) in [6, 6.07) is 3.02. The summed E-state index contributed by atoms with van der Waals surface area (Å²) in [7, 11) is 1.46. The number of carboxylic acids is 1. The zero-order chi connectivity index (χ0) is 13.7. The fourth-order valence-electron chi connectivity index (χ4n) is 1.53.